The van der Waals surface area contributed by atoms with Crippen molar-refractivity contribution < 1.29 is 14.1 Å². The van der Waals surface area contributed by atoms with Crippen molar-refractivity contribution in [2.24, 2.45) is 0 Å². The molecule has 2 aromatic heterocycles. The molecule has 0 atom stereocenters. The molecule has 0 unspecified atom stereocenters. The van der Waals surface area contributed by atoms with Gasteiger partial charge >= 0.3 is 0 Å². The Morgan fingerprint density at radius 1 is 1.25 bits per heavy atom. The first-order valence-corrected chi connectivity index (χ1v) is 11.5. The van der Waals surface area contributed by atoms with E-state index in [2.05, 4.69) is 15.5 Å². The van der Waals surface area contributed by atoms with Crippen LogP contribution in [0.25, 0.3) is 11.1 Å². The molecule has 166 valence electrons. The van der Waals surface area contributed by atoms with Gasteiger partial charge in [0.15, 0.2) is 0 Å². The molecule has 2 fully saturated rings. The number of amides is 2. The Hall–Kier alpha value is -3.22. The number of carbonyl (C=O) groups excluding carboxylic acids is 2. The molecule has 3 heterocycles. The molecule has 1 saturated carbocycles. The zero-order valence-electron chi connectivity index (χ0n) is 18.6. The summed E-state index contributed by atoms with van der Waals surface area (Å²) < 4.78 is 5.51. The first kappa shape index (κ1) is 20.7. The minimum atomic E-state index is -0.199. The van der Waals surface area contributed by atoms with E-state index in [9.17, 15) is 9.59 Å². The van der Waals surface area contributed by atoms with Crippen molar-refractivity contribution in [3.8, 4) is 0 Å². The zero-order valence-corrected chi connectivity index (χ0v) is 18.6. The van der Waals surface area contributed by atoms with E-state index in [0.717, 1.165) is 49.2 Å². The van der Waals surface area contributed by atoms with Crippen LogP contribution >= 0.6 is 0 Å². The predicted octanol–water partition coefficient (Wildman–Crippen LogP) is 4.99. The van der Waals surface area contributed by atoms with Crippen molar-refractivity contribution in [2.75, 3.05) is 11.9 Å². The summed E-state index contributed by atoms with van der Waals surface area (Å²) in [6.07, 6.45) is 4.80. The van der Waals surface area contributed by atoms with Crippen LogP contribution in [-0.2, 0) is 11.3 Å². The Labute approximate surface area is 187 Å². The number of pyridine rings is 1. The smallest absolute Gasteiger partial charge is 0.259 e. The van der Waals surface area contributed by atoms with Gasteiger partial charge < -0.3 is 14.7 Å². The number of fused-ring (bicyclic) bond motifs is 1. The second kappa shape index (κ2) is 8.37. The van der Waals surface area contributed by atoms with Crippen LogP contribution in [0.2, 0.25) is 0 Å². The van der Waals surface area contributed by atoms with Crippen molar-refractivity contribution in [1.82, 2.24) is 15.0 Å². The van der Waals surface area contributed by atoms with Gasteiger partial charge in [0.2, 0.25) is 5.91 Å². The SMILES string of the molecule is CC(C)c1noc2nc(C3CC3)cc(C(=O)Nc3cccc(CN4CCCCC4=O)c3)c12. The Bertz CT molecular complexity index is 1180. The molecule has 0 radical (unpaired) electrons. The molecule has 7 nitrogen and oxygen atoms in total. The van der Waals surface area contributed by atoms with Gasteiger partial charge in [0.1, 0.15) is 0 Å². The molecular formula is C25H28N4O3. The maximum Gasteiger partial charge on any atom is 0.259 e. The highest BCUT2D eigenvalue weighted by molar-refractivity contribution is 6.12. The maximum absolute atomic E-state index is 13.4. The maximum atomic E-state index is 13.4. The summed E-state index contributed by atoms with van der Waals surface area (Å²) in [5.41, 5.74) is 4.34. The Kier molecular flexibility index (Phi) is 5.41. The van der Waals surface area contributed by atoms with Gasteiger partial charge in [-0.25, -0.2) is 4.98 Å². The summed E-state index contributed by atoms with van der Waals surface area (Å²) in [6.45, 7) is 5.41. The third-order valence-corrected chi connectivity index (χ3v) is 6.26. The third-order valence-electron chi connectivity index (χ3n) is 6.26. The second-order valence-electron chi connectivity index (χ2n) is 9.20. The predicted molar refractivity (Wildman–Crippen MR) is 122 cm³/mol. The molecule has 7 heteroatoms. The molecule has 2 aliphatic rings. The van der Waals surface area contributed by atoms with Gasteiger partial charge in [-0.15, -0.1) is 0 Å². The highest BCUT2D eigenvalue weighted by atomic mass is 16.5. The van der Waals surface area contributed by atoms with E-state index < -0.39 is 0 Å². The topological polar surface area (TPSA) is 88.3 Å². The first-order valence-electron chi connectivity index (χ1n) is 11.5. The number of carbonyl (C=O) groups is 2. The number of hydrogen-bond donors (Lipinski definition) is 1. The highest BCUT2D eigenvalue weighted by Gasteiger charge is 2.29. The zero-order chi connectivity index (χ0) is 22.2. The largest absolute Gasteiger partial charge is 0.338 e. The third kappa shape index (κ3) is 4.11. The van der Waals surface area contributed by atoms with Crippen LogP contribution in [0.3, 0.4) is 0 Å². The quantitative estimate of drug-likeness (QED) is 0.593. The minimum Gasteiger partial charge on any atom is -0.338 e. The summed E-state index contributed by atoms with van der Waals surface area (Å²) in [4.78, 5) is 32.1. The minimum absolute atomic E-state index is 0.113. The molecule has 0 spiro atoms. The van der Waals surface area contributed by atoms with E-state index in [4.69, 9.17) is 4.52 Å². The summed E-state index contributed by atoms with van der Waals surface area (Å²) in [6, 6.07) is 9.61. The van der Waals surface area contributed by atoms with Gasteiger partial charge in [-0.1, -0.05) is 31.1 Å². The molecule has 1 aromatic carbocycles. The van der Waals surface area contributed by atoms with Crippen LogP contribution < -0.4 is 5.32 Å². The van der Waals surface area contributed by atoms with Crippen molar-refractivity contribution in [2.45, 2.75) is 64.3 Å². The summed E-state index contributed by atoms with van der Waals surface area (Å²) in [5.74, 6) is 0.507. The molecule has 0 bridgehead atoms. The van der Waals surface area contributed by atoms with E-state index >= 15 is 0 Å². The molecule has 32 heavy (non-hydrogen) atoms. The van der Waals surface area contributed by atoms with E-state index in [1.807, 2.05) is 49.1 Å². The molecule has 2 amide bonds. The lowest BCUT2D eigenvalue weighted by molar-refractivity contribution is -0.133. The average Bonchev–Trinajstić information content (AvgIpc) is 3.53. The number of likely N-dealkylation sites (tertiary alicyclic amines) is 1. The summed E-state index contributed by atoms with van der Waals surface area (Å²) >= 11 is 0. The lowest BCUT2D eigenvalue weighted by Crippen LogP contribution is -2.34. The molecule has 1 saturated heterocycles. The molecule has 5 rings (SSSR count). The van der Waals surface area contributed by atoms with Crippen molar-refractivity contribution in [1.29, 1.82) is 0 Å². The standard InChI is InChI=1S/C25H28N4O3/c1-15(2)23-22-19(13-20(17-9-10-17)27-25(22)32-28-23)24(31)26-18-7-5-6-16(12-18)14-29-11-4-3-8-21(29)30/h5-7,12-13,15,17H,3-4,8-11,14H2,1-2H3,(H,26,31). The van der Waals surface area contributed by atoms with Crippen LogP contribution in [0.4, 0.5) is 5.69 Å². The molecule has 3 aromatic rings. The highest BCUT2D eigenvalue weighted by Crippen LogP contribution is 2.41. The number of rotatable bonds is 6. The van der Waals surface area contributed by atoms with E-state index in [-0.39, 0.29) is 17.7 Å². The van der Waals surface area contributed by atoms with Crippen LogP contribution in [0.1, 0.15) is 85.1 Å². The Morgan fingerprint density at radius 3 is 2.84 bits per heavy atom. The molecule has 1 aliphatic heterocycles. The average molecular weight is 433 g/mol. The van der Waals surface area contributed by atoms with E-state index in [1.54, 1.807) is 0 Å². The Morgan fingerprint density at radius 2 is 2.09 bits per heavy atom. The fourth-order valence-electron chi connectivity index (χ4n) is 4.35. The van der Waals surface area contributed by atoms with Gasteiger partial charge in [0, 0.05) is 36.8 Å². The number of nitrogens with one attached hydrogen (secondary N) is 1. The lowest BCUT2D eigenvalue weighted by atomic mass is 10.0. The van der Waals surface area contributed by atoms with Crippen LogP contribution in [-0.4, -0.2) is 33.4 Å². The second-order valence-corrected chi connectivity index (χ2v) is 9.20. The van der Waals surface area contributed by atoms with Gasteiger partial charge in [-0.2, -0.15) is 0 Å². The number of nitrogens with zero attached hydrogens (tertiary/aromatic N) is 3. The van der Waals surface area contributed by atoms with Crippen molar-refractivity contribution in [3.63, 3.8) is 0 Å². The number of anilines is 1. The normalized spacial score (nSPS) is 16.7. The Balaban J connectivity index is 1.42. The van der Waals surface area contributed by atoms with Gasteiger partial charge in [-0.05, 0) is 55.4 Å². The summed E-state index contributed by atoms with van der Waals surface area (Å²) in [5, 5.41) is 7.93. The fourth-order valence-corrected chi connectivity index (χ4v) is 4.35. The summed E-state index contributed by atoms with van der Waals surface area (Å²) in [7, 11) is 0. The molecule has 1 aliphatic carbocycles. The van der Waals surface area contributed by atoms with Crippen LogP contribution in [0, 0.1) is 0 Å². The van der Waals surface area contributed by atoms with Gasteiger partial charge in [0.25, 0.3) is 11.6 Å². The van der Waals surface area contributed by atoms with Crippen LogP contribution in [0.5, 0.6) is 0 Å². The molecule has 1 N–H and O–H groups in total. The number of hydrogen-bond acceptors (Lipinski definition) is 5. The van der Waals surface area contributed by atoms with E-state index in [0.29, 0.717) is 41.2 Å². The van der Waals surface area contributed by atoms with Gasteiger partial charge in [0.05, 0.1) is 16.6 Å². The first-order chi connectivity index (χ1) is 15.5. The number of benzene rings is 1. The molecular weight excluding hydrogens is 404 g/mol. The monoisotopic (exact) mass is 432 g/mol. The van der Waals surface area contributed by atoms with Crippen molar-refractivity contribution >= 4 is 28.6 Å². The van der Waals surface area contributed by atoms with E-state index in [1.165, 1.54) is 0 Å². The van der Waals surface area contributed by atoms with Gasteiger partial charge in [-0.3, -0.25) is 9.59 Å². The lowest BCUT2D eigenvalue weighted by Gasteiger charge is -2.26. The van der Waals surface area contributed by atoms with Crippen molar-refractivity contribution in [3.05, 3.63) is 52.8 Å². The fraction of sp³-hybridized carbons (Fsp3) is 0.440. The van der Waals surface area contributed by atoms with Crippen LogP contribution in [0.15, 0.2) is 34.9 Å². The number of aromatic nitrogens is 2. The number of piperidine rings is 1.